The van der Waals surface area contributed by atoms with Gasteiger partial charge in [-0.1, -0.05) is 127 Å². The zero-order chi connectivity index (χ0) is 42.4. The van der Waals surface area contributed by atoms with Gasteiger partial charge in [0.1, 0.15) is 0 Å². The summed E-state index contributed by atoms with van der Waals surface area (Å²) in [6, 6.07) is 0.369. The first-order chi connectivity index (χ1) is 26.1. The summed E-state index contributed by atoms with van der Waals surface area (Å²) in [6.45, 7) is 51.2. The maximum atomic E-state index is 13.2. The normalized spacial score (nSPS) is 21.7. The van der Waals surface area contributed by atoms with Crippen LogP contribution in [0.15, 0.2) is 74.0 Å². The smallest absolute Gasteiger partial charge is 0.200 e. The minimum atomic E-state index is -0.323. The fourth-order valence-corrected chi connectivity index (χ4v) is 8.39. The van der Waals surface area contributed by atoms with Crippen molar-refractivity contribution in [1.29, 1.82) is 0 Å². The van der Waals surface area contributed by atoms with Gasteiger partial charge in [0, 0.05) is 74.5 Å². The van der Waals surface area contributed by atoms with Gasteiger partial charge in [0.2, 0.25) is 0 Å². The first-order valence-electron chi connectivity index (χ1n) is 22.1. The first kappa shape index (κ1) is 49.2. The van der Waals surface area contributed by atoms with Crippen LogP contribution in [0.1, 0.15) is 140 Å². The van der Waals surface area contributed by atoms with E-state index < -0.39 is 0 Å². The Kier molecular flexibility index (Phi) is 19.6. The highest BCUT2D eigenvalue weighted by Crippen LogP contribution is 2.63. The third kappa shape index (κ3) is 15.4. The number of carbonyl (C=O) groups excluding carboxylic acids is 1. The Balaban J connectivity index is 0.00000105. The zero-order valence-electron chi connectivity index (χ0n) is 38.3. The molecule has 7 nitrogen and oxygen atoms in total. The molecule has 3 aliphatic rings. The summed E-state index contributed by atoms with van der Waals surface area (Å²) in [4.78, 5) is 15.6. The molecule has 4 unspecified atom stereocenters. The Morgan fingerprint density at radius 1 is 0.929 bits per heavy atom. The van der Waals surface area contributed by atoms with Crippen molar-refractivity contribution >= 4 is 5.78 Å². The van der Waals surface area contributed by atoms with Gasteiger partial charge < -0.3 is 31.5 Å². The monoisotopic (exact) mass is 777 g/mol. The second-order valence-corrected chi connectivity index (χ2v) is 19.7. The van der Waals surface area contributed by atoms with Gasteiger partial charge in [0.25, 0.3) is 0 Å². The average molecular weight is 777 g/mol. The van der Waals surface area contributed by atoms with Crippen LogP contribution in [0.25, 0.3) is 0 Å². The maximum absolute atomic E-state index is 13.2. The first-order valence-corrected chi connectivity index (χ1v) is 22.1. The number of Topliss-reactive ketones (excluding diaryl/α,β-unsaturated/α-hetero) is 1. The van der Waals surface area contributed by atoms with Crippen molar-refractivity contribution in [3.8, 4) is 0 Å². The van der Waals surface area contributed by atoms with Crippen molar-refractivity contribution in [3.05, 3.63) is 74.0 Å². The lowest BCUT2D eigenvalue weighted by Crippen LogP contribution is -2.48. The van der Waals surface area contributed by atoms with Crippen molar-refractivity contribution in [2.75, 3.05) is 33.2 Å². The number of allylic oxidation sites excluding steroid dienone is 2. The van der Waals surface area contributed by atoms with Crippen LogP contribution in [0.4, 0.5) is 0 Å². The second kappa shape index (κ2) is 22.3. The molecule has 0 saturated heterocycles. The summed E-state index contributed by atoms with van der Waals surface area (Å²) in [6.07, 6.45) is 14.7. The van der Waals surface area contributed by atoms with Crippen molar-refractivity contribution in [2.24, 2.45) is 39.9 Å². The highest BCUT2D eigenvalue weighted by Gasteiger charge is 2.60. The van der Waals surface area contributed by atoms with Crippen molar-refractivity contribution in [1.82, 2.24) is 31.5 Å². The highest BCUT2D eigenvalue weighted by molar-refractivity contribution is 5.98. The van der Waals surface area contributed by atoms with Gasteiger partial charge in [-0.3, -0.25) is 4.79 Å². The van der Waals surface area contributed by atoms with Gasteiger partial charge in [-0.25, -0.2) is 0 Å². The van der Waals surface area contributed by atoms with Crippen LogP contribution in [0, 0.1) is 39.9 Å². The summed E-state index contributed by atoms with van der Waals surface area (Å²) in [5.74, 6) is 2.20. The summed E-state index contributed by atoms with van der Waals surface area (Å²) in [5.41, 5.74) is 5.41. The molecule has 0 aromatic rings. The lowest BCUT2D eigenvalue weighted by molar-refractivity contribution is -0.117. The van der Waals surface area contributed by atoms with E-state index in [-0.39, 0.29) is 34.0 Å². The fourth-order valence-electron chi connectivity index (χ4n) is 8.39. The molecule has 3 aliphatic carbocycles. The van der Waals surface area contributed by atoms with E-state index in [4.69, 9.17) is 0 Å². The molecule has 0 aliphatic heterocycles. The summed E-state index contributed by atoms with van der Waals surface area (Å²) in [7, 11) is 2.22. The van der Waals surface area contributed by atoms with Crippen LogP contribution in [-0.4, -0.2) is 62.0 Å². The standard InChI is InChI=1S/C41H73N5O.C8H15N/c1-16-21-35(38(47)32(7)42-24-17-2)45-31(6)30(5)37-34(40(37,12)13)27-46(15)29(4)25-36(41(14)22-19-18-20-23-41)43-26-28(3)44-33(8)39(9,10)11;1-3-7(2)9-6-8-4-5-8/h17,30,33-37,42-45H,2-4,6-7,16,18-27H2,1,5,8-15H3;8-9H,2-6H2,1H3/t30?,33?,34-,35?,36?,37+;/m0./s1. The van der Waals surface area contributed by atoms with Gasteiger partial charge in [-0.2, -0.15) is 0 Å². The summed E-state index contributed by atoms with van der Waals surface area (Å²) in [5, 5.41) is 17.5. The minimum absolute atomic E-state index is 0.00239. The van der Waals surface area contributed by atoms with E-state index >= 15 is 0 Å². The molecule has 0 bridgehead atoms. The minimum Gasteiger partial charge on any atom is -0.389 e. The predicted molar refractivity (Wildman–Crippen MR) is 244 cm³/mol. The van der Waals surface area contributed by atoms with Crippen LogP contribution >= 0.6 is 0 Å². The molecule has 320 valence electrons. The van der Waals surface area contributed by atoms with E-state index in [1.165, 1.54) is 56.3 Å². The molecule has 0 aromatic heterocycles. The van der Waals surface area contributed by atoms with Crippen molar-refractivity contribution in [3.63, 3.8) is 0 Å². The molecular weight excluding hydrogens is 689 g/mol. The Hall–Kier alpha value is -2.93. The molecule has 0 heterocycles. The van der Waals surface area contributed by atoms with E-state index in [1.807, 2.05) is 0 Å². The lowest BCUT2D eigenvalue weighted by Gasteiger charge is -2.43. The molecule has 0 amide bonds. The van der Waals surface area contributed by atoms with Crippen LogP contribution in [0.2, 0.25) is 0 Å². The number of rotatable bonds is 26. The topological polar surface area (TPSA) is 80.5 Å². The van der Waals surface area contributed by atoms with Crippen molar-refractivity contribution < 1.29 is 4.79 Å². The fraction of sp³-hybridized carbons (Fsp3) is 0.735. The molecule has 56 heavy (non-hydrogen) atoms. The zero-order valence-corrected chi connectivity index (χ0v) is 38.3. The van der Waals surface area contributed by atoms with Crippen LogP contribution < -0.4 is 26.6 Å². The van der Waals surface area contributed by atoms with Crippen LogP contribution in [-0.2, 0) is 4.79 Å². The molecule has 7 heteroatoms. The third-order valence-electron chi connectivity index (χ3n) is 13.6. The number of carbonyl (C=O) groups is 1. The van der Waals surface area contributed by atoms with Crippen LogP contribution in [0.3, 0.4) is 0 Å². The second-order valence-electron chi connectivity index (χ2n) is 19.7. The quantitative estimate of drug-likeness (QED) is 0.0442. The van der Waals surface area contributed by atoms with E-state index in [1.54, 1.807) is 6.08 Å². The lowest BCUT2D eigenvalue weighted by atomic mass is 9.69. The van der Waals surface area contributed by atoms with Gasteiger partial charge >= 0.3 is 0 Å². The molecule has 0 spiro atoms. The predicted octanol–water partition coefficient (Wildman–Crippen LogP) is 10.2. The molecule has 3 rings (SSSR count). The summed E-state index contributed by atoms with van der Waals surface area (Å²) >= 11 is 0. The van der Waals surface area contributed by atoms with E-state index in [9.17, 15) is 4.79 Å². The van der Waals surface area contributed by atoms with Gasteiger partial charge in [0.15, 0.2) is 5.78 Å². The average Bonchev–Trinajstić information content (AvgIpc) is 4.06. The Morgan fingerprint density at radius 3 is 2.09 bits per heavy atom. The highest BCUT2D eigenvalue weighted by atomic mass is 16.1. The SMILES string of the molecule is C=C(CC)NCC1CC1.C=CCNC(=C)C(=O)C(CCC)NC(=C)C(C)[C@@H]1[C@H](CN(C)C(=C)CC(NCC(=C)NC(C)C(C)(C)C)C2(C)CCCCC2)C1(C)C. The van der Waals surface area contributed by atoms with E-state index in [0.717, 1.165) is 62.6 Å². The Labute approximate surface area is 346 Å². The molecule has 3 fully saturated rings. The molecule has 6 atom stereocenters. The van der Waals surface area contributed by atoms with Gasteiger partial charge in [-0.15, -0.1) is 6.58 Å². The molecule has 0 aromatic carbocycles. The van der Waals surface area contributed by atoms with Crippen LogP contribution in [0.5, 0.6) is 0 Å². The van der Waals surface area contributed by atoms with Gasteiger partial charge in [0.05, 0.1) is 11.7 Å². The molecule has 3 saturated carbocycles. The number of nitrogens with zero attached hydrogens (tertiary/aromatic N) is 1. The Morgan fingerprint density at radius 2 is 1.55 bits per heavy atom. The molecular formula is C49H88N6O. The number of hydrogen-bond donors (Lipinski definition) is 5. The summed E-state index contributed by atoms with van der Waals surface area (Å²) < 4.78 is 0. The number of hydrogen-bond acceptors (Lipinski definition) is 7. The van der Waals surface area contributed by atoms with Gasteiger partial charge in [-0.05, 0) is 85.4 Å². The maximum Gasteiger partial charge on any atom is 0.200 e. The Bertz CT molecular complexity index is 1330. The number of ketones is 1. The number of nitrogens with one attached hydrogen (secondary N) is 5. The third-order valence-corrected chi connectivity index (χ3v) is 13.6. The van der Waals surface area contributed by atoms with E-state index in [0.29, 0.717) is 36.2 Å². The van der Waals surface area contributed by atoms with E-state index in [2.05, 4.69) is 147 Å². The molecule has 0 radical (unpaired) electrons. The molecule has 5 N–H and O–H groups in total. The van der Waals surface area contributed by atoms with Crippen molar-refractivity contribution in [2.45, 2.75) is 158 Å². The largest absolute Gasteiger partial charge is 0.389 e.